The van der Waals surface area contributed by atoms with Gasteiger partial charge in [-0.2, -0.15) is 0 Å². The van der Waals surface area contributed by atoms with E-state index in [9.17, 15) is 4.79 Å². The van der Waals surface area contributed by atoms with E-state index < -0.39 is 5.41 Å². The van der Waals surface area contributed by atoms with Gasteiger partial charge in [0.1, 0.15) is 0 Å². The Kier molecular flexibility index (Phi) is 6.98. The molecule has 1 aromatic rings. The van der Waals surface area contributed by atoms with Crippen molar-refractivity contribution in [3.63, 3.8) is 0 Å². The topological polar surface area (TPSA) is 41.6 Å². The Morgan fingerprint density at radius 1 is 1.22 bits per heavy atom. The minimum Gasteiger partial charge on any atom is -0.381 e. The summed E-state index contributed by atoms with van der Waals surface area (Å²) in [6.45, 7) is 11.3. The molecule has 1 N–H and O–H groups in total. The van der Waals surface area contributed by atoms with Crippen molar-refractivity contribution in [3.05, 3.63) is 34.3 Å². The van der Waals surface area contributed by atoms with Crippen molar-refractivity contribution >= 4 is 21.8 Å². The molecule has 0 saturated carbocycles. The average molecular weight is 437 g/mol. The molecule has 3 rings (SSSR count). The Hall–Kier alpha value is -0.910. The predicted molar refractivity (Wildman–Crippen MR) is 113 cm³/mol. The number of ether oxygens (including phenoxy) is 1. The molecule has 150 valence electrons. The summed E-state index contributed by atoms with van der Waals surface area (Å²) in [6, 6.07) is 8.35. The van der Waals surface area contributed by atoms with E-state index in [0.29, 0.717) is 13.2 Å². The molecule has 0 aliphatic carbocycles. The van der Waals surface area contributed by atoms with E-state index in [4.69, 9.17) is 4.74 Å². The van der Waals surface area contributed by atoms with Crippen LogP contribution in [0.5, 0.6) is 0 Å². The fourth-order valence-corrected chi connectivity index (χ4v) is 5.14. The lowest BCUT2D eigenvalue weighted by atomic mass is 9.73. The summed E-state index contributed by atoms with van der Waals surface area (Å²) in [7, 11) is 0. The van der Waals surface area contributed by atoms with E-state index in [1.165, 1.54) is 6.42 Å². The zero-order chi connectivity index (χ0) is 19.4. The fraction of sp³-hybridized carbons (Fsp3) is 0.682. The highest BCUT2D eigenvalue weighted by molar-refractivity contribution is 9.10. The number of hydrogen-bond donors (Lipinski definition) is 1. The Morgan fingerprint density at radius 2 is 1.81 bits per heavy atom. The van der Waals surface area contributed by atoms with Crippen molar-refractivity contribution < 1.29 is 9.53 Å². The first-order valence-corrected chi connectivity index (χ1v) is 11.1. The number of hydrogen-bond acceptors (Lipinski definition) is 3. The van der Waals surface area contributed by atoms with Gasteiger partial charge in [-0.15, -0.1) is 0 Å². The number of amides is 1. The van der Waals surface area contributed by atoms with Crippen molar-refractivity contribution in [1.29, 1.82) is 0 Å². The predicted octanol–water partition coefficient (Wildman–Crippen LogP) is 3.98. The number of carbonyl (C=O) groups is 1. The second-order valence-electron chi connectivity index (χ2n) is 8.74. The SMILES string of the molecule is CC1CC(C)CN(CC(C)NC(=O)C2(c3ccc(Br)cc3)CCOCC2)C1. The van der Waals surface area contributed by atoms with Gasteiger partial charge in [0.2, 0.25) is 5.91 Å². The molecule has 0 bridgehead atoms. The third kappa shape index (κ3) is 5.12. The van der Waals surface area contributed by atoms with Crippen LogP contribution in [-0.2, 0) is 14.9 Å². The maximum absolute atomic E-state index is 13.4. The largest absolute Gasteiger partial charge is 0.381 e. The molecule has 5 heteroatoms. The minimum atomic E-state index is -0.476. The van der Waals surface area contributed by atoms with E-state index in [0.717, 1.165) is 54.3 Å². The summed E-state index contributed by atoms with van der Waals surface area (Å²) in [6.07, 6.45) is 2.79. The zero-order valence-corrected chi connectivity index (χ0v) is 18.4. The van der Waals surface area contributed by atoms with Crippen LogP contribution in [-0.4, -0.2) is 49.7 Å². The van der Waals surface area contributed by atoms with E-state index in [-0.39, 0.29) is 11.9 Å². The summed E-state index contributed by atoms with van der Waals surface area (Å²) >= 11 is 3.50. The van der Waals surface area contributed by atoms with Gasteiger partial charge >= 0.3 is 0 Å². The van der Waals surface area contributed by atoms with Gasteiger partial charge in [-0.3, -0.25) is 4.79 Å². The normalized spacial score (nSPS) is 27.1. The molecule has 2 aliphatic heterocycles. The van der Waals surface area contributed by atoms with Crippen LogP contribution in [0.25, 0.3) is 0 Å². The van der Waals surface area contributed by atoms with E-state index >= 15 is 0 Å². The Morgan fingerprint density at radius 3 is 2.41 bits per heavy atom. The molecule has 2 aliphatic rings. The number of carbonyl (C=O) groups excluding carboxylic acids is 1. The number of benzene rings is 1. The summed E-state index contributed by atoms with van der Waals surface area (Å²) in [5, 5.41) is 3.33. The van der Waals surface area contributed by atoms with Crippen molar-refractivity contribution in [3.8, 4) is 0 Å². The van der Waals surface area contributed by atoms with Crippen LogP contribution in [0.15, 0.2) is 28.7 Å². The molecule has 3 unspecified atom stereocenters. The second-order valence-corrected chi connectivity index (χ2v) is 9.66. The van der Waals surface area contributed by atoms with E-state index in [1.807, 2.05) is 12.1 Å². The summed E-state index contributed by atoms with van der Waals surface area (Å²) < 4.78 is 6.61. The highest BCUT2D eigenvalue weighted by atomic mass is 79.9. The first kappa shape index (κ1) is 20.8. The zero-order valence-electron chi connectivity index (χ0n) is 16.8. The van der Waals surface area contributed by atoms with Crippen molar-refractivity contribution in [2.45, 2.75) is 51.5 Å². The number of nitrogens with one attached hydrogen (secondary N) is 1. The molecule has 0 aromatic heterocycles. The van der Waals surface area contributed by atoms with Crippen LogP contribution in [0.4, 0.5) is 0 Å². The molecule has 0 radical (unpaired) electrons. The van der Waals surface area contributed by atoms with Crippen LogP contribution < -0.4 is 5.32 Å². The number of nitrogens with zero attached hydrogens (tertiary/aromatic N) is 1. The maximum Gasteiger partial charge on any atom is 0.231 e. The van der Waals surface area contributed by atoms with Crippen molar-refractivity contribution in [2.75, 3.05) is 32.8 Å². The average Bonchev–Trinajstić information content (AvgIpc) is 2.61. The fourth-order valence-electron chi connectivity index (χ4n) is 4.87. The van der Waals surface area contributed by atoms with E-state index in [1.54, 1.807) is 0 Å². The lowest BCUT2D eigenvalue weighted by molar-refractivity contribution is -0.131. The number of rotatable bonds is 5. The number of likely N-dealkylation sites (tertiary alicyclic amines) is 1. The summed E-state index contributed by atoms with van der Waals surface area (Å²) in [4.78, 5) is 15.9. The van der Waals surface area contributed by atoms with Gasteiger partial charge in [0.25, 0.3) is 0 Å². The van der Waals surface area contributed by atoms with Gasteiger partial charge in [-0.1, -0.05) is 41.9 Å². The first-order valence-electron chi connectivity index (χ1n) is 10.3. The lowest BCUT2D eigenvalue weighted by Gasteiger charge is -2.39. The minimum absolute atomic E-state index is 0.144. The van der Waals surface area contributed by atoms with Gasteiger partial charge in [0.15, 0.2) is 0 Å². The van der Waals surface area contributed by atoms with Gasteiger partial charge < -0.3 is 15.0 Å². The third-order valence-electron chi connectivity index (χ3n) is 6.03. The van der Waals surface area contributed by atoms with Gasteiger partial charge in [0, 0.05) is 43.4 Å². The molecular weight excluding hydrogens is 404 g/mol. The monoisotopic (exact) mass is 436 g/mol. The van der Waals surface area contributed by atoms with Crippen molar-refractivity contribution in [1.82, 2.24) is 10.2 Å². The lowest BCUT2D eigenvalue weighted by Crippen LogP contribution is -2.53. The molecule has 1 aromatic carbocycles. The summed E-state index contributed by atoms with van der Waals surface area (Å²) in [5.41, 5.74) is 0.620. The molecule has 0 spiro atoms. The van der Waals surface area contributed by atoms with Crippen molar-refractivity contribution in [2.24, 2.45) is 11.8 Å². The quantitative estimate of drug-likeness (QED) is 0.758. The number of halogens is 1. The van der Waals surface area contributed by atoms with Gasteiger partial charge in [-0.25, -0.2) is 0 Å². The highest BCUT2D eigenvalue weighted by Gasteiger charge is 2.42. The van der Waals surface area contributed by atoms with E-state index in [2.05, 4.69) is 59.1 Å². The maximum atomic E-state index is 13.4. The smallest absolute Gasteiger partial charge is 0.231 e. The Labute approximate surface area is 172 Å². The molecular formula is C22H33BrN2O2. The first-order chi connectivity index (χ1) is 12.9. The van der Waals surface area contributed by atoms with Crippen LogP contribution in [0, 0.1) is 11.8 Å². The molecule has 3 atom stereocenters. The highest BCUT2D eigenvalue weighted by Crippen LogP contribution is 2.36. The van der Waals surface area contributed by atoms with Crippen LogP contribution in [0.3, 0.4) is 0 Å². The molecule has 2 saturated heterocycles. The standard InChI is InChI=1S/C22H33BrN2O2/c1-16-12-17(2)14-25(13-16)15-18(3)24-21(26)22(8-10-27-11-9-22)19-4-6-20(23)7-5-19/h4-7,16-18H,8-15H2,1-3H3,(H,24,26). The van der Waals surface area contributed by atoms with Gasteiger partial charge in [0.05, 0.1) is 5.41 Å². The molecule has 4 nitrogen and oxygen atoms in total. The Balaban J connectivity index is 1.68. The van der Waals surface area contributed by atoms with Crippen LogP contribution in [0.2, 0.25) is 0 Å². The molecule has 2 fully saturated rings. The third-order valence-corrected chi connectivity index (χ3v) is 6.56. The molecule has 27 heavy (non-hydrogen) atoms. The second kappa shape index (κ2) is 9.06. The molecule has 2 heterocycles. The number of piperidine rings is 1. The Bertz CT molecular complexity index is 618. The summed E-state index contributed by atoms with van der Waals surface area (Å²) in [5.74, 6) is 1.63. The van der Waals surface area contributed by atoms with Gasteiger partial charge in [-0.05, 0) is 55.7 Å². The molecule has 1 amide bonds. The van der Waals surface area contributed by atoms with Crippen LogP contribution >= 0.6 is 15.9 Å². The van der Waals surface area contributed by atoms with Crippen LogP contribution in [0.1, 0.15) is 45.6 Å².